The molecule has 1 aromatic carbocycles. The number of urea groups is 1. The number of nitrogens with one attached hydrogen (secondary N) is 1. The van der Waals surface area contributed by atoms with Crippen molar-refractivity contribution in [3.05, 3.63) is 35.7 Å². The van der Waals surface area contributed by atoms with E-state index in [2.05, 4.69) is 14.7 Å². The van der Waals surface area contributed by atoms with Crippen molar-refractivity contribution in [1.29, 1.82) is 0 Å². The first-order valence-corrected chi connectivity index (χ1v) is 8.39. The van der Waals surface area contributed by atoms with E-state index in [1.165, 1.54) is 34.6 Å². The number of alkyl halides is 3. The zero-order valence-corrected chi connectivity index (χ0v) is 14.2. The smallest absolute Gasteiger partial charge is 0.343 e. The van der Waals surface area contributed by atoms with Crippen LogP contribution in [0.4, 0.5) is 28.8 Å². The van der Waals surface area contributed by atoms with Gasteiger partial charge in [-0.1, -0.05) is 12.1 Å². The normalized spacial score (nSPS) is 15.4. The van der Waals surface area contributed by atoms with Gasteiger partial charge in [-0.3, -0.25) is 0 Å². The Morgan fingerprint density at radius 3 is 2.48 bits per heavy atom. The van der Waals surface area contributed by atoms with Gasteiger partial charge in [-0.25, -0.2) is 9.78 Å². The van der Waals surface area contributed by atoms with Crippen molar-refractivity contribution in [2.24, 2.45) is 0 Å². The lowest BCUT2D eigenvalue weighted by molar-refractivity contribution is -0.136. The van der Waals surface area contributed by atoms with E-state index < -0.39 is 17.8 Å². The molecule has 1 aromatic heterocycles. The Kier molecular flexibility index (Phi) is 4.80. The van der Waals surface area contributed by atoms with E-state index >= 15 is 0 Å². The number of rotatable bonds is 2. The second-order valence-electron chi connectivity index (χ2n) is 5.57. The molecule has 10 heteroatoms. The third-order valence-corrected chi connectivity index (χ3v) is 4.70. The number of hydrogen-bond donors (Lipinski definition) is 1. The lowest BCUT2D eigenvalue weighted by Crippen LogP contribution is -2.50. The number of halogens is 3. The molecule has 6 nitrogen and oxygen atoms in total. The Morgan fingerprint density at radius 2 is 1.88 bits per heavy atom. The van der Waals surface area contributed by atoms with Crippen LogP contribution in [0.1, 0.15) is 11.4 Å². The summed E-state index contributed by atoms with van der Waals surface area (Å²) in [4.78, 5) is 20.1. The highest BCUT2D eigenvalue weighted by Gasteiger charge is 2.34. The first-order chi connectivity index (χ1) is 11.8. The van der Waals surface area contributed by atoms with E-state index in [-0.39, 0.29) is 5.69 Å². The Bertz CT molecular complexity index is 756. The van der Waals surface area contributed by atoms with Crippen molar-refractivity contribution in [3.63, 3.8) is 0 Å². The van der Waals surface area contributed by atoms with Crippen molar-refractivity contribution in [2.75, 3.05) is 36.4 Å². The average molecular weight is 371 g/mol. The van der Waals surface area contributed by atoms with Crippen molar-refractivity contribution in [2.45, 2.75) is 13.1 Å². The van der Waals surface area contributed by atoms with Crippen LogP contribution in [0.15, 0.2) is 24.3 Å². The number of carbonyl (C=O) groups is 1. The highest BCUT2D eigenvalue weighted by molar-refractivity contribution is 7.09. The van der Waals surface area contributed by atoms with Crippen LogP contribution < -0.4 is 10.2 Å². The number of piperazine rings is 1. The molecule has 0 atom stereocenters. The molecular formula is C15H16F3N5OS. The first kappa shape index (κ1) is 17.5. The van der Waals surface area contributed by atoms with E-state index in [0.717, 1.165) is 11.2 Å². The lowest BCUT2D eigenvalue weighted by atomic mass is 10.1. The van der Waals surface area contributed by atoms with E-state index in [1.807, 2.05) is 11.8 Å². The molecule has 0 spiro atoms. The predicted molar refractivity (Wildman–Crippen MR) is 88.9 cm³/mol. The Labute approximate surface area is 146 Å². The standard InChI is InChI=1S/C15H16F3N5OS/c1-10-19-14(25-21-10)23-8-6-22(7-9-23)13(24)20-12-5-3-2-4-11(12)15(16,17)18/h2-5H,6-9H2,1H3,(H,20,24). The largest absolute Gasteiger partial charge is 0.418 e. The van der Waals surface area contributed by atoms with Gasteiger partial charge in [-0.2, -0.15) is 17.5 Å². The van der Waals surface area contributed by atoms with Gasteiger partial charge in [0.05, 0.1) is 11.3 Å². The predicted octanol–water partition coefficient (Wildman–Crippen LogP) is 3.22. The number of aryl methyl sites for hydroxylation is 1. The number of aromatic nitrogens is 2. The van der Waals surface area contributed by atoms with Crippen LogP contribution in [-0.2, 0) is 6.18 Å². The van der Waals surface area contributed by atoms with Crippen LogP contribution in [0.5, 0.6) is 0 Å². The number of para-hydroxylation sites is 1. The molecule has 0 bridgehead atoms. The van der Waals surface area contributed by atoms with Gasteiger partial charge in [0.1, 0.15) is 5.82 Å². The third-order valence-electron chi connectivity index (χ3n) is 3.83. The molecule has 1 aliphatic rings. The Hall–Kier alpha value is -2.36. The quantitative estimate of drug-likeness (QED) is 0.881. The van der Waals surface area contributed by atoms with Crippen LogP contribution in [0, 0.1) is 6.92 Å². The molecule has 134 valence electrons. The van der Waals surface area contributed by atoms with Gasteiger partial charge in [-0.15, -0.1) is 0 Å². The zero-order chi connectivity index (χ0) is 18.0. The molecule has 2 amide bonds. The van der Waals surface area contributed by atoms with Crippen molar-refractivity contribution >= 4 is 28.4 Å². The number of nitrogens with zero attached hydrogens (tertiary/aromatic N) is 4. The topological polar surface area (TPSA) is 61.4 Å². The molecule has 2 heterocycles. The number of benzene rings is 1. The molecule has 0 saturated carbocycles. The minimum atomic E-state index is -4.52. The van der Waals surface area contributed by atoms with Crippen LogP contribution in [-0.4, -0.2) is 46.5 Å². The molecule has 0 aliphatic carbocycles. The number of carbonyl (C=O) groups excluding carboxylic acids is 1. The Morgan fingerprint density at radius 1 is 1.20 bits per heavy atom. The minimum Gasteiger partial charge on any atom is -0.343 e. The van der Waals surface area contributed by atoms with Crippen LogP contribution in [0.3, 0.4) is 0 Å². The monoisotopic (exact) mass is 371 g/mol. The van der Waals surface area contributed by atoms with Gasteiger partial charge in [0, 0.05) is 37.7 Å². The van der Waals surface area contributed by atoms with Crippen molar-refractivity contribution < 1.29 is 18.0 Å². The maximum Gasteiger partial charge on any atom is 0.418 e. The van der Waals surface area contributed by atoms with Crippen LogP contribution in [0.2, 0.25) is 0 Å². The molecule has 1 saturated heterocycles. The van der Waals surface area contributed by atoms with Gasteiger partial charge < -0.3 is 15.1 Å². The zero-order valence-electron chi connectivity index (χ0n) is 13.4. The van der Waals surface area contributed by atoms with E-state index in [1.54, 1.807) is 0 Å². The van der Waals surface area contributed by atoms with Crippen molar-refractivity contribution in [1.82, 2.24) is 14.3 Å². The summed E-state index contributed by atoms with van der Waals surface area (Å²) in [6, 6.07) is 4.42. The second-order valence-corrected chi connectivity index (χ2v) is 6.30. The molecule has 1 aliphatic heterocycles. The van der Waals surface area contributed by atoms with Crippen molar-refractivity contribution in [3.8, 4) is 0 Å². The fraction of sp³-hybridized carbons (Fsp3) is 0.400. The minimum absolute atomic E-state index is 0.234. The van der Waals surface area contributed by atoms with Crippen LogP contribution in [0.25, 0.3) is 0 Å². The molecular weight excluding hydrogens is 355 g/mol. The number of amides is 2. The summed E-state index contributed by atoms with van der Waals surface area (Å²) in [6.45, 7) is 3.73. The first-order valence-electron chi connectivity index (χ1n) is 7.62. The molecule has 0 radical (unpaired) electrons. The van der Waals surface area contributed by atoms with Gasteiger partial charge in [0.15, 0.2) is 0 Å². The summed E-state index contributed by atoms with van der Waals surface area (Å²) >= 11 is 1.29. The second kappa shape index (κ2) is 6.87. The lowest BCUT2D eigenvalue weighted by Gasteiger charge is -2.34. The molecule has 1 N–H and O–H groups in total. The van der Waals surface area contributed by atoms with Crippen LogP contribution >= 0.6 is 11.5 Å². The maximum absolute atomic E-state index is 13.0. The van der Waals surface area contributed by atoms with E-state index in [0.29, 0.717) is 32.0 Å². The third kappa shape index (κ3) is 4.01. The highest BCUT2D eigenvalue weighted by Crippen LogP contribution is 2.34. The summed E-state index contributed by atoms with van der Waals surface area (Å²) in [5.74, 6) is 0.698. The summed E-state index contributed by atoms with van der Waals surface area (Å²) in [6.07, 6.45) is -4.52. The maximum atomic E-state index is 13.0. The summed E-state index contributed by atoms with van der Waals surface area (Å²) in [5, 5.41) is 3.16. The van der Waals surface area contributed by atoms with E-state index in [9.17, 15) is 18.0 Å². The average Bonchev–Trinajstić information content (AvgIpc) is 3.01. The Balaban J connectivity index is 1.62. The molecule has 1 fully saturated rings. The van der Waals surface area contributed by atoms with Gasteiger partial charge in [-0.05, 0) is 19.1 Å². The SMILES string of the molecule is Cc1nsc(N2CCN(C(=O)Nc3ccccc3C(F)(F)F)CC2)n1. The highest BCUT2D eigenvalue weighted by atomic mass is 32.1. The summed E-state index contributed by atoms with van der Waals surface area (Å²) in [5.41, 5.74) is -1.09. The van der Waals surface area contributed by atoms with Gasteiger partial charge in [0.2, 0.25) is 5.13 Å². The number of hydrogen-bond acceptors (Lipinski definition) is 5. The summed E-state index contributed by atoms with van der Waals surface area (Å²) in [7, 11) is 0. The molecule has 2 aromatic rings. The molecule has 3 rings (SSSR count). The molecule has 25 heavy (non-hydrogen) atoms. The van der Waals surface area contributed by atoms with E-state index in [4.69, 9.17) is 0 Å². The van der Waals surface area contributed by atoms with Gasteiger partial charge in [0.25, 0.3) is 0 Å². The fourth-order valence-corrected chi connectivity index (χ4v) is 3.27. The number of anilines is 2. The van der Waals surface area contributed by atoms with Gasteiger partial charge >= 0.3 is 12.2 Å². The fourth-order valence-electron chi connectivity index (χ4n) is 2.55. The summed E-state index contributed by atoms with van der Waals surface area (Å²) < 4.78 is 43.1. The molecule has 0 unspecified atom stereocenters.